The van der Waals surface area contributed by atoms with Gasteiger partial charge in [0, 0.05) is 17.0 Å². The van der Waals surface area contributed by atoms with Gasteiger partial charge in [-0.1, -0.05) is 45.4 Å². The summed E-state index contributed by atoms with van der Waals surface area (Å²) in [6, 6.07) is 6.09. The lowest BCUT2D eigenvalue weighted by Gasteiger charge is -2.15. The Morgan fingerprint density at radius 3 is 2.79 bits per heavy atom. The van der Waals surface area contributed by atoms with Gasteiger partial charge in [-0.25, -0.2) is 4.68 Å². The van der Waals surface area contributed by atoms with Crippen molar-refractivity contribution >= 4 is 22.4 Å². The number of ketones is 1. The summed E-state index contributed by atoms with van der Waals surface area (Å²) in [6.45, 7) is 8.34. The summed E-state index contributed by atoms with van der Waals surface area (Å²) in [7, 11) is 0. The molecule has 3 rings (SSSR count). The molecule has 0 saturated heterocycles. The van der Waals surface area contributed by atoms with Crippen molar-refractivity contribution in [3.05, 3.63) is 65.6 Å². The Hall–Kier alpha value is -2.95. The van der Waals surface area contributed by atoms with Crippen LogP contribution < -0.4 is 0 Å². The minimum Gasteiger partial charge on any atom is -0.293 e. The molecule has 0 bridgehead atoms. The monoisotopic (exact) mass is 390 g/mol. The van der Waals surface area contributed by atoms with Crippen LogP contribution >= 0.6 is 0 Å². The summed E-state index contributed by atoms with van der Waals surface area (Å²) in [5.74, 6) is -0.0474. The molecule has 1 unspecified atom stereocenters. The number of benzene rings is 1. The maximum absolute atomic E-state index is 13.5. The molecular formula is C24H30N4O. The highest BCUT2D eigenvalue weighted by Gasteiger charge is 2.25. The van der Waals surface area contributed by atoms with Crippen molar-refractivity contribution in [3.63, 3.8) is 0 Å². The number of hydrogen-bond acceptors (Lipinski definition) is 3. The predicted molar refractivity (Wildman–Crippen MR) is 119 cm³/mol. The molecular weight excluding hydrogens is 360 g/mol. The maximum Gasteiger partial charge on any atom is 0.173 e. The van der Waals surface area contributed by atoms with Crippen LogP contribution in [0.4, 0.5) is 0 Å². The van der Waals surface area contributed by atoms with Gasteiger partial charge in [0.2, 0.25) is 0 Å². The number of nitrogens with one attached hydrogen (secondary N) is 1. The second-order valence-electron chi connectivity index (χ2n) is 7.35. The fourth-order valence-corrected chi connectivity index (χ4v) is 3.71. The van der Waals surface area contributed by atoms with Gasteiger partial charge in [-0.05, 0) is 50.0 Å². The lowest BCUT2D eigenvalue weighted by atomic mass is 9.87. The first-order chi connectivity index (χ1) is 14.1. The third kappa shape index (κ3) is 4.39. The zero-order valence-electron chi connectivity index (χ0n) is 17.8. The molecule has 0 spiro atoms. The molecule has 3 aromatic rings. The average molecular weight is 391 g/mol. The first-order valence-corrected chi connectivity index (χ1v) is 10.5. The zero-order valence-corrected chi connectivity index (χ0v) is 17.8. The van der Waals surface area contributed by atoms with Crippen LogP contribution in [-0.2, 0) is 6.42 Å². The highest BCUT2D eigenvalue weighted by atomic mass is 16.1. The maximum atomic E-state index is 13.5. The summed E-state index contributed by atoms with van der Waals surface area (Å²) in [5, 5.41) is 12.6. The lowest BCUT2D eigenvalue weighted by Crippen LogP contribution is -2.15. The molecule has 5 nitrogen and oxygen atoms in total. The fourth-order valence-electron chi connectivity index (χ4n) is 3.71. The number of carbonyl (C=O) groups is 1. The van der Waals surface area contributed by atoms with Crippen LogP contribution in [0.1, 0.15) is 74.5 Å². The Balaban J connectivity index is 1.98. The Bertz CT molecular complexity index is 1040. The van der Waals surface area contributed by atoms with E-state index in [-0.39, 0.29) is 11.7 Å². The Kier molecular flexibility index (Phi) is 6.81. The van der Waals surface area contributed by atoms with Crippen molar-refractivity contribution in [2.75, 3.05) is 0 Å². The average Bonchev–Trinajstić information content (AvgIpc) is 3.35. The minimum atomic E-state index is -0.188. The van der Waals surface area contributed by atoms with Crippen LogP contribution in [0.15, 0.2) is 48.8 Å². The molecule has 0 aliphatic rings. The van der Waals surface area contributed by atoms with Crippen molar-refractivity contribution in [2.24, 2.45) is 0 Å². The quantitative estimate of drug-likeness (QED) is 0.364. The van der Waals surface area contributed by atoms with Crippen molar-refractivity contribution in [3.8, 4) is 0 Å². The highest BCUT2D eigenvalue weighted by Crippen LogP contribution is 2.29. The molecule has 1 atom stereocenters. The SMILES string of the molecule is CC/C=C\C=C(/C)n1ncc(C(=O)C(CC)c2ccc3[nH]ncc3c2)c1CCC. The Morgan fingerprint density at radius 1 is 1.24 bits per heavy atom. The molecule has 0 aliphatic heterocycles. The van der Waals surface area contributed by atoms with Gasteiger partial charge in [0.1, 0.15) is 0 Å². The summed E-state index contributed by atoms with van der Waals surface area (Å²) >= 11 is 0. The lowest BCUT2D eigenvalue weighted by molar-refractivity contribution is 0.0956. The third-order valence-corrected chi connectivity index (χ3v) is 5.26. The molecule has 0 radical (unpaired) electrons. The molecule has 1 aromatic carbocycles. The van der Waals surface area contributed by atoms with E-state index in [1.54, 1.807) is 12.4 Å². The zero-order chi connectivity index (χ0) is 20.8. The molecule has 0 saturated carbocycles. The smallest absolute Gasteiger partial charge is 0.173 e. The summed E-state index contributed by atoms with van der Waals surface area (Å²) in [4.78, 5) is 13.5. The number of nitrogens with zero attached hydrogens (tertiary/aromatic N) is 3. The largest absolute Gasteiger partial charge is 0.293 e. The first-order valence-electron chi connectivity index (χ1n) is 10.5. The van der Waals surface area contributed by atoms with Crippen LogP contribution in [0.5, 0.6) is 0 Å². The van der Waals surface area contributed by atoms with E-state index in [9.17, 15) is 4.79 Å². The van der Waals surface area contributed by atoms with Crippen molar-refractivity contribution in [2.45, 2.75) is 59.3 Å². The predicted octanol–water partition coefficient (Wildman–Crippen LogP) is 5.92. The van der Waals surface area contributed by atoms with Gasteiger partial charge in [0.15, 0.2) is 5.78 Å². The molecule has 2 aromatic heterocycles. The second kappa shape index (κ2) is 9.50. The van der Waals surface area contributed by atoms with E-state index in [2.05, 4.69) is 48.2 Å². The van der Waals surface area contributed by atoms with Gasteiger partial charge in [-0.2, -0.15) is 10.2 Å². The molecule has 0 aliphatic carbocycles. The van der Waals surface area contributed by atoms with E-state index in [1.807, 2.05) is 35.9 Å². The van der Waals surface area contributed by atoms with E-state index in [4.69, 9.17) is 0 Å². The summed E-state index contributed by atoms with van der Waals surface area (Å²) in [6.07, 6.45) is 13.3. The molecule has 5 heteroatoms. The van der Waals surface area contributed by atoms with E-state index >= 15 is 0 Å². The fraction of sp³-hybridized carbons (Fsp3) is 0.375. The molecule has 2 heterocycles. The van der Waals surface area contributed by atoms with Gasteiger partial charge in [0.25, 0.3) is 0 Å². The van der Waals surface area contributed by atoms with Gasteiger partial charge in [0.05, 0.1) is 29.2 Å². The molecule has 0 amide bonds. The number of H-pyrrole nitrogens is 1. The topological polar surface area (TPSA) is 63.6 Å². The number of hydrogen-bond donors (Lipinski definition) is 1. The standard InChI is InChI=1S/C24H30N4O/c1-5-8-9-11-17(4)28-23(10-6-2)21(16-26-28)24(29)20(7-3)18-12-13-22-19(14-18)15-25-27-22/h8-9,11-16,20H,5-7,10H2,1-4H3,(H,25,27)/b9-8-,17-11+. The van der Waals surface area contributed by atoms with Crippen LogP contribution in [0.3, 0.4) is 0 Å². The van der Waals surface area contributed by atoms with Crippen LogP contribution in [-0.4, -0.2) is 25.8 Å². The van der Waals surface area contributed by atoms with Crippen LogP contribution in [0.2, 0.25) is 0 Å². The van der Waals surface area contributed by atoms with E-state index in [0.717, 1.165) is 59.1 Å². The van der Waals surface area contributed by atoms with Gasteiger partial charge < -0.3 is 0 Å². The number of fused-ring (bicyclic) bond motifs is 1. The van der Waals surface area contributed by atoms with Crippen molar-refractivity contribution in [1.29, 1.82) is 0 Å². The van der Waals surface area contributed by atoms with E-state index < -0.39 is 0 Å². The van der Waals surface area contributed by atoms with Crippen molar-refractivity contribution in [1.82, 2.24) is 20.0 Å². The van der Waals surface area contributed by atoms with E-state index in [0.29, 0.717) is 0 Å². The molecule has 0 fully saturated rings. The number of aromatic nitrogens is 4. The first kappa shape index (κ1) is 20.8. The number of rotatable bonds is 9. The number of Topliss-reactive ketones (excluding diaryl/α,β-unsaturated/α-hetero) is 1. The van der Waals surface area contributed by atoms with Crippen LogP contribution in [0, 0.1) is 0 Å². The summed E-state index contributed by atoms with van der Waals surface area (Å²) < 4.78 is 1.92. The van der Waals surface area contributed by atoms with Crippen LogP contribution in [0.25, 0.3) is 16.6 Å². The summed E-state index contributed by atoms with van der Waals surface area (Å²) in [5.41, 5.74) is 4.76. The molecule has 29 heavy (non-hydrogen) atoms. The number of allylic oxidation sites excluding steroid dienone is 4. The van der Waals surface area contributed by atoms with Gasteiger partial charge in [-0.15, -0.1) is 0 Å². The minimum absolute atomic E-state index is 0.141. The van der Waals surface area contributed by atoms with Gasteiger partial charge >= 0.3 is 0 Å². The van der Waals surface area contributed by atoms with Crippen molar-refractivity contribution < 1.29 is 4.79 Å². The Morgan fingerprint density at radius 2 is 2.07 bits per heavy atom. The van der Waals surface area contributed by atoms with E-state index in [1.165, 1.54) is 0 Å². The second-order valence-corrected chi connectivity index (χ2v) is 7.35. The Labute approximate surface area is 172 Å². The van der Waals surface area contributed by atoms with Gasteiger partial charge in [-0.3, -0.25) is 9.89 Å². The number of carbonyl (C=O) groups excluding carboxylic acids is 1. The molecule has 152 valence electrons. The highest BCUT2D eigenvalue weighted by molar-refractivity contribution is 6.02. The normalized spacial score (nSPS) is 13.4. The number of aromatic amines is 1. The molecule has 1 N–H and O–H groups in total. The third-order valence-electron chi connectivity index (χ3n) is 5.26.